The number of imide groups is 1. The number of carbonyl (C=O) groups is 3. The lowest BCUT2D eigenvalue weighted by atomic mass is 10.1. The van der Waals surface area contributed by atoms with Gasteiger partial charge < -0.3 is 9.57 Å². The first-order valence-corrected chi connectivity index (χ1v) is 11.1. The third kappa shape index (κ3) is 3.85. The monoisotopic (exact) mass is 444 g/mol. The highest BCUT2D eigenvalue weighted by Gasteiger charge is 2.39. The van der Waals surface area contributed by atoms with E-state index >= 15 is 0 Å². The Bertz CT molecular complexity index is 1130. The smallest absolute Gasteiger partial charge is 0.363 e. The Labute approximate surface area is 179 Å². The summed E-state index contributed by atoms with van der Waals surface area (Å²) in [5.74, 6) is -2.53. The molecule has 10 heteroatoms. The Morgan fingerprint density at radius 1 is 0.968 bits per heavy atom. The minimum Gasteiger partial charge on any atom is -0.373 e. The molecule has 2 aliphatic rings. The SMILES string of the molecule is CC1CN(S(=O)(=O)c2cccc(C(=O)ON3C(=O)c4ccccc4C3=O)c2)CC(C)O1. The van der Waals surface area contributed by atoms with Gasteiger partial charge in [0.25, 0.3) is 11.8 Å². The Kier molecular flexibility index (Phi) is 5.38. The highest BCUT2D eigenvalue weighted by molar-refractivity contribution is 7.89. The van der Waals surface area contributed by atoms with Gasteiger partial charge >= 0.3 is 5.97 Å². The Morgan fingerprint density at radius 2 is 1.55 bits per heavy atom. The van der Waals surface area contributed by atoms with E-state index in [0.717, 1.165) is 0 Å². The summed E-state index contributed by atoms with van der Waals surface area (Å²) in [6.07, 6.45) is -0.527. The topological polar surface area (TPSA) is 110 Å². The van der Waals surface area contributed by atoms with Crippen molar-refractivity contribution < 1.29 is 32.4 Å². The number of nitrogens with zero attached hydrogens (tertiary/aromatic N) is 2. The minimum atomic E-state index is -3.88. The summed E-state index contributed by atoms with van der Waals surface area (Å²) >= 11 is 0. The van der Waals surface area contributed by atoms with Crippen LogP contribution in [0.5, 0.6) is 0 Å². The van der Waals surface area contributed by atoms with Gasteiger partial charge in [0.15, 0.2) is 0 Å². The first-order chi connectivity index (χ1) is 14.7. The molecule has 2 aromatic carbocycles. The molecule has 1 fully saturated rings. The Morgan fingerprint density at radius 3 is 2.13 bits per heavy atom. The molecular weight excluding hydrogens is 424 g/mol. The van der Waals surface area contributed by atoms with E-state index in [4.69, 9.17) is 9.57 Å². The molecule has 0 N–H and O–H groups in total. The van der Waals surface area contributed by atoms with Crippen LogP contribution in [0.25, 0.3) is 0 Å². The fourth-order valence-corrected chi connectivity index (χ4v) is 5.28. The van der Waals surface area contributed by atoms with Gasteiger partial charge in [-0.05, 0) is 44.2 Å². The lowest BCUT2D eigenvalue weighted by Gasteiger charge is -2.34. The number of hydroxylamine groups is 2. The number of morpholine rings is 1. The highest BCUT2D eigenvalue weighted by Crippen LogP contribution is 2.25. The molecule has 0 saturated carbocycles. The molecule has 0 bridgehead atoms. The lowest BCUT2D eigenvalue weighted by molar-refractivity contribution is -0.0584. The fourth-order valence-electron chi connectivity index (χ4n) is 3.65. The molecule has 0 aromatic heterocycles. The van der Waals surface area contributed by atoms with Gasteiger partial charge in [-0.2, -0.15) is 4.31 Å². The number of fused-ring (bicyclic) bond motifs is 1. The van der Waals surface area contributed by atoms with Crippen molar-refractivity contribution in [1.82, 2.24) is 9.37 Å². The molecule has 4 rings (SSSR count). The summed E-state index contributed by atoms with van der Waals surface area (Å²) in [7, 11) is -3.88. The van der Waals surface area contributed by atoms with Gasteiger partial charge in [-0.1, -0.05) is 23.3 Å². The number of rotatable bonds is 4. The molecule has 1 saturated heterocycles. The van der Waals surface area contributed by atoms with Crippen LogP contribution in [-0.4, -0.2) is 60.9 Å². The van der Waals surface area contributed by atoms with Crippen molar-refractivity contribution in [1.29, 1.82) is 0 Å². The summed E-state index contributed by atoms with van der Waals surface area (Å²) in [5, 5.41) is 0.388. The van der Waals surface area contributed by atoms with Crippen molar-refractivity contribution in [2.75, 3.05) is 13.1 Å². The van der Waals surface area contributed by atoms with Crippen LogP contribution < -0.4 is 0 Å². The summed E-state index contributed by atoms with van der Waals surface area (Å²) < 4.78 is 33.0. The Balaban J connectivity index is 1.55. The predicted molar refractivity (Wildman–Crippen MR) is 108 cm³/mol. The second-order valence-corrected chi connectivity index (χ2v) is 9.37. The van der Waals surface area contributed by atoms with Gasteiger partial charge in [-0.15, -0.1) is 0 Å². The van der Waals surface area contributed by atoms with E-state index in [1.54, 1.807) is 26.0 Å². The van der Waals surface area contributed by atoms with E-state index < -0.39 is 27.8 Å². The molecule has 31 heavy (non-hydrogen) atoms. The van der Waals surface area contributed by atoms with E-state index in [1.807, 2.05) is 0 Å². The first-order valence-electron chi connectivity index (χ1n) is 9.64. The standard InChI is InChI=1S/C21H20N2O7S/c1-13-11-22(12-14(2)29-13)31(27,28)16-7-5-6-15(10-16)21(26)30-23-19(24)17-8-3-4-9-18(17)20(23)25/h3-10,13-14H,11-12H2,1-2H3. The molecule has 2 heterocycles. The highest BCUT2D eigenvalue weighted by atomic mass is 32.2. The lowest BCUT2D eigenvalue weighted by Crippen LogP contribution is -2.48. The van der Waals surface area contributed by atoms with Gasteiger partial charge in [-0.25, -0.2) is 13.2 Å². The number of hydrogen-bond acceptors (Lipinski definition) is 7. The third-order valence-electron chi connectivity index (χ3n) is 5.02. The first kappa shape index (κ1) is 21.2. The van der Waals surface area contributed by atoms with Crippen LogP contribution in [0.15, 0.2) is 53.4 Å². The number of benzene rings is 2. The van der Waals surface area contributed by atoms with E-state index in [0.29, 0.717) is 5.06 Å². The number of ether oxygens (including phenoxy) is 1. The van der Waals surface area contributed by atoms with Crippen LogP contribution in [0.3, 0.4) is 0 Å². The molecule has 0 radical (unpaired) electrons. The van der Waals surface area contributed by atoms with Crippen molar-refractivity contribution in [3.05, 3.63) is 65.2 Å². The van der Waals surface area contributed by atoms with Crippen LogP contribution in [0.2, 0.25) is 0 Å². The molecule has 2 atom stereocenters. The average molecular weight is 444 g/mol. The molecular formula is C21H20N2O7S. The van der Waals surface area contributed by atoms with Crippen molar-refractivity contribution in [3.63, 3.8) is 0 Å². The van der Waals surface area contributed by atoms with E-state index in [-0.39, 0.29) is 46.9 Å². The van der Waals surface area contributed by atoms with Gasteiger partial charge in [0, 0.05) is 13.1 Å². The quantitative estimate of drug-likeness (QED) is 0.662. The third-order valence-corrected chi connectivity index (χ3v) is 6.85. The van der Waals surface area contributed by atoms with E-state index in [2.05, 4.69) is 0 Å². The average Bonchev–Trinajstić information content (AvgIpc) is 2.98. The van der Waals surface area contributed by atoms with Crippen molar-refractivity contribution in [2.45, 2.75) is 31.0 Å². The maximum absolute atomic E-state index is 13.1. The van der Waals surface area contributed by atoms with Crippen LogP contribution in [0.4, 0.5) is 0 Å². The molecule has 2 aliphatic heterocycles. The zero-order valence-corrected chi connectivity index (χ0v) is 17.7. The van der Waals surface area contributed by atoms with E-state index in [9.17, 15) is 22.8 Å². The van der Waals surface area contributed by atoms with Crippen molar-refractivity contribution in [3.8, 4) is 0 Å². The zero-order valence-electron chi connectivity index (χ0n) is 16.8. The van der Waals surface area contributed by atoms with Crippen molar-refractivity contribution in [2.24, 2.45) is 0 Å². The van der Waals surface area contributed by atoms with E-state index in [1.165, 1.54) is 40.7 Å². The molecule has 9 nitrogen and oxygen atoms in total. The van der Waals surface area contributed by atoms with Gasteiger partial charge in [-0.3, -0.25) is 9.59 Å². The van der Waals surface area contributed by atoms with Gasteiger partial charge in [0.2, 0.25) is 10.0 Å². The summed E-state index contributed by atoms with van der Waals surface area (Å²) in [6.45, 7) is 3.95. The van der Waals surface area contributed by atoms with Crippen LogP contribution >= 0.6 is 0 Å². The van der Waals surface area contributed by atoms with Crippen LogP contribution in [-0.2, 0) is 19.6 Å². The molecule has 0 spiro atoms. The zero-order chi connectivity index (χ0) is 22.3. The molecule has 2 amide bonds. The number of sulfonamides is 1. The van der Waals surface area contributed by atoms with Gasteiger partial charge in [0.1, 0.15) is 0 Å². The normalized spacial score (nSPS) is 21.8. The second-order valence-electron chi connectivity index (χ2n) is 7.44. The maximum atomic E-state index is 13.1. The fraction of sp³-hybridized carbons (Fsp3) is 0.286. The number of carbonyl (C=O) groups excluding carboxylic acids is 3. The summed E-state index contributed by atoms with van der Waals surface area (Å²) in [4.78, 5) is 42.3. The maximum Gasteiger partial charge on any atom is 0.363 e. The molecule has 162 valence electrons. The van der Waals surface area contributed by atoms with Crippen molar-refractivity contribution >= 4 is 27.8 Å². The van der Waals surface area contributed by atoms with Gasteiger partial charge in [0.05, 0.1) is 33.8 Å². The predicted octanol–water partition coefficient (Wildman–Crippen LogP) is 1.85. The Hall–Kier alpha value is -3.08. The van der Waals surface area contributed by atoms with Crippen LogP contribution in [0, 0.1) is 0 Å². The minimum absolute atomic E-state index is 0.0920. The molecule has 2 unspecified atom stereocenters. The summed E-state index contributed by atoms with van der Waals surface area (Å²) in [6, 6.07) is 11.4. The summed E-state index contributed by atoms with van der Waals surface area (Å²) in [5.41, 5.74) is 0.159. The second kappa shape index (κ2) is 7.88. The van der Waals surface area contributed by atoms with Crippen LogP contribution in [0.1, 0.15) is 44.9 Å². The molecule has 0 aliphatic carbocycles. The number of amides is 2. The molecule has 2 aromatic rings. The largest absolute Gasteiger partial charge is 0.373 e. The number of hydrogen-bond donors (Lipinski definition) is 0.